The lowest BCUT2D eigenvalue weighted by Crippen LogP contribution is -2.11. The van der Waals surface area contributed by atoms with Gasteiger partial charge in [-0.3, -0.25) is 0 Å². The fourth-order valence-electron chi connectivity index (χ4n) is 2.27. The molecule has 8 heteroatoms. The largest absolute Gasteiger partial charge is 0.479 e. The summed E-state index contributed by atoms with van der Waals surface area (Å²) >= 11 is 7.88. The maximum absolute atomic E-state index is 6.29. The van der Waals surface area contributed by atoms with E-state index in [-0.39, 0.29) is 11.4 Å². The Hall–Kier alpha value is -1.73. The first kappa shape index (κ1) is 14.2. The van der Waals surface area contributed by atoms with Gasteiger partial charge in [-0.2, -0.15) is 4.98 Å². The third kappa shape index (κ3) is 2.36. The lowest BCUT2D eigenvalue weighted by atomic mass is 10.3. The summed E-state index contributed by atoms with van der Waals surface area (Å²) in [5.41, 5.74) is 1.32. The number of aromatic nitrogens is 5. The molecule has 0 radical (unpaired) electrons. The third-order valence-electron chi connectivity index (χ3n) is 3.22. The first-order valence-electron chi connectivity index (χ1n) is 6.43. The molecule has 3 heterocycles. The van der Waals surface area contributed by atoms with Crippen LogP contribution in [0.4, 0.5) is 0 Å². The molecule has 3 aromatic heterocycles. The summed E-state index contributed by atoms with van der Waals surface area (Å²) in [4.78, 5) is 17.4. The van der Waals surface area contributed by atoms with Gasteiger partial charge < -0.3 is 9.30 Å². The van der Waals surface area contributed by atoms with Gasteiger partial charge in [-0.15, -0.1) is 22.9 Å². The first-order valence-corrected chi connectivity index (χ1v) is 7.75. The standard InChI is InChI=1S/C13H14ClN5OS/c1-7(14)10-18-9-11(16-6-17-12(9)20-3)19(10)8(2)13-15-4-5-21-13/h4-8H,1-3H3. The zero-order valence-corrected chi connectivity index (χ0v) is 13.4. The van der Waals surface area contributed by atoms with Crippen molar-refractivity contribution in [3.8, 4) is 5.88 Å². The number of alkyl halides is 1. The third-order valence-corrected chi connectivity index (χ3v) is 4.36. The summed E-state index contributed by atoms with van der Waals surface area (Å²) < 4.78 is 7.26. The molecule has 21 heavy (non-hydrogen) atoms. The van der Waals surface area contributed by atoms with Gasteiger partial charge in [0, 0.05) is 11.6 Å². The number of ether oxygens (including phenoxy) is 1. The Kier molecular flexibility index (Phi) is 3.77. The average molecular weight is 324 g/mol. The highest BCUT2D eigenvalue weighted by Gasteiger charge is 2.24. The SMILES string of the molecule is COc1ncnc2c1nc(C(C)Cl)n2C(C)c1nccs1. The van der Waals surface area contributed by atoms with Crippen LogP contribution in [0.25, 0.3) is 11.2 Å². The summed E-state index contributed by atoms with van der Waals surface area (Å²) in [6, 6.07) is -0.00851. The van der Waals surface area contributed by atoms with E-state index in [0.717, 1.165) is 10.8 Å². The summed E-state index contributed by atoms with van der Waals surface area (Å²) in [5.74, 6) is 1.18. The highest BCUT2D eigenvalue weighted by atomic mass is 35.5. The second-order valence-electron chi connectivity index (χ2n) is 4.56. The van der Waals surface area contributed by atoms with Crippen molar-refractivity contribution in [2.45, 2.75) is 25.3 Å². The highest BCUT2D eigenvalue weighted by Crippen LogP contribution is 2.32. The molecule has 0 N–H and O–H groups in total. The molecule has 0 bridgehead atoms. The van der Waals surface area contributed by atoms with Crippen molar-refractivity contribution in [2.24, 2.45) is 0 Å². The molecule has 0 saturated heterocycles. The molecule has 110 valence electrons. The zero-order valence-electron chi connectivity index (χ0n) is 11.8. The topological polar surface area (TPSA) is 65.7 Å². The van der Waals surface area contributed by atoms with E-state index in [1.165, 1.54) is 6.33 Å². The molecule has 0 aromatic carbocycles. The lowest BCUT2D eigenvalue weighted by molar-refractivity contribution is 0.401. The van der Waals surface area contributed by atoms with Gasteiger partial charge in [-0.1, -0.05) is 0 Å². The number of methoxy groups -OCH3 is 1. The monoisotopic (exact) mass is 323 g/mol. The minimum absolute atomic E-state index is 0.00851. The van der Waals surface area contributed by atoms with Crippen LogP contribution >= 0.6 is 22.9 Å². The molecular formula is C13H14ClN5OS. The molecule has 6 nitrogen and oxygen atoms in total. The van der Waals surface area contributed by atoms with E-state index in [9.17, 15) is 0 Å². The molecule has 0 fully saturated rings. The van der Waals surface area contributed by atoms with Crippen molar-refractivity contribution in [1.29, 1.82) is 0 Å². The first-order chi connectivity index (χ1) is 10.1. The van der Waals surface area contributed by atoms with Gasteiger partial charge >= 0.3 is 0 Å². The fraction of sp³-hybridized carbons (Fsp3) is 0.385. The van der Waals surface area contributed by atoms with E-state index in [2.05, 4.69) is 26.9 Å². The van der Waals surface area contributed by atoms with E-state index in [1.54, 1.807) is 24.6 Å². The van der Waals surface area contributed by atoms with Crippen molar-refractivity contribution in [2.75, 3.05) is 7.11 Å². The van der Waals surface area contributed by atoms with Crippen LogP contribution in [0, 0.1) is 0 Å². The number of halogens is 1. The molecule has 2 unspecified atom stereocenters. The normalized spacial score (nSPS) is 14.3. The minimum atomic E-state index is -0.258. The second-order valence-corrected chi connectivity index (χ2v) is 6.14. The Labute approximate surface area is 130 Å². The number of thiazole rings is 1. The fourth-order valence-corrected chi connectivity index (χ4v) is 3.11. The van der Waals surface area contributed by atoms with Crippen molar-refractivity contribution >= 4 is 34.1 Å². The molecule has 2 atom stereocenters. The second kappa shape index (κ2) is 5.57. The Morgan fingerprint density at radius 1 is 1.29 bits per heavy atom. The van der Waals surface area contributed by atoms with Crippen molar-refractivity contribution in [3.05, 3.63) is 28.7 Å². The zero-order chi connectivity index (χ0) is 15.0. The molecule has 0 saturated carbocycles. The summed E-state index contributed by atoms with van der Waals surface area (Å²) in [6.07, 6.45) is 3.26. The summed E-state index contributed by atoms with van der Waals surface area (Å²) in [6.45, 7) is 3.94. The predicted molar refractivity (Wildman–Crippen MR) is 82.1 cm³/mol. The Bertz CT molecular complexity index is 755. The Morgan fingerprint density at radius 2 is 2.10 bits per heavy atom. The van der Waals surface area contributed by atoms with Gasteiger partial charge in [0.25, 0.3) is 0 Å². The highest BCUT2D eigenvalue weighted by molar-refractivity contribution is 7.09. The van der Waals surface area contributed by atoms with Crippen molar-refractivity contribution < 1.29 is 4.74 Å². The average Bonchev–Trinajstić information content (AvgIpc) is 3.13. The van der Waals surface area contributed by atoms with Crippen molar-refractivity contribution in [3.63, 3.8) is 0 Å². The van der Waals surface area contributed by atoms with Gasteiger partial charge in [-0.05, 0) is 13.8 Å². The maximum atomic E-state index is 6.29. The predicted octanol–water partition coefficient (Wildman–Crippen LogP) is 3.20. The molecule has 0 aliphatic carbocycles. The number of imidazole rings is 1. The molecule has 0 spiro atoms. The van der Waals surface area contributed by atoms with E-state index in [1.807, 2.05) is 16.9 Å². The molecule has 3 aromatic rings. The van der Waals surface area contributed by atoms with E-state index in [4.69, 9.17) is 16.3 Å². The summed E-state index contributed by atoms with van der Waals surface area (Å²) in [7, 11) is 1.56. The smallest absolute Gasteiger partial charge is 0.245 e. The summed E-state index contributed by atoms with van der Waals surface area (Å²) in [5, 5.41) is 2.67. The van der Waals surface area contributed by atoms with Crippen LogP contribution in [0.2, 0.25) is 0 Å². The minimum Gasteiger partial charge on any atom is -0.479 e. The van der Waals surface area contributed by atoms with Crippen LogP contribution in [0.5, 0.6) is 5.88 Å². The van der Waals surface area contributed by atoms with Gasteiger partial charge in [0.05, 0.1) is 18.5 Å². The molecular weight excluding hydrogens is 310 g/mol. The van der Waals surface area contributed by atoms with Gasteiger partial charge in [-0.25, -0.2) is 15.0 Å². The Balaban J connectivity index is 2.26. The lowest BCUT2D eigenvalue weighted by Gasteiger charge is -2.15. The number of fused-ring (bicyclic) bond motifs is 1. The van der Waals surface area contributed by atoms with E-state index in [0.29, 0.717) is 17.0 Å². The maximum Gasteiger partial charge on any atom is 0.245 e. The molecule has 0 amide bonds. The number of hydrogen-bond donors (Lipinski definition) is 0. The molecule has 0 aliphatic heterocycles. The van der Waals surface area contributed by atoms with Crippen molar-refractivity contribution in [1.82, 2.24) is 24.5 Å². The van der Waals surface area contributed by atoms with Crippen LogP contribution in [-0.4, -0.2) is 31.6 Å². The van der Waals surface area contributed by atoms with Gasteiger partial charge in [0.1, 0.15) is 17.2 Å². The molecule has 3 rings (SSSR count). The molecule has 0 aliphatic rings. The van der Waals surface area contributed by atoms with Crippen LogP contribution in [0.15, 0.2) is 17.9 Å². The number of hydrogen-bond acceptors (Lipinski definition) is 6. The van der Waals surface area contributed by atoms with Crippen LogP contribution in [0.1, 0.15) is 36.1 Å². The quantitative estimate of drug-likeness (QED) is 0.690. The van der Waals surface area contributed by atoms with Crippen LogP contribution in [-0.2, 0) is 0 Å². The number of rotatable bonds is 4. The van der Waals surface area contributed by atoms with Crippen LogP contribution in [0.3, 0.4) is 0 Å². The Morgan fingerprint density at radius 3 is 2.71 bits per heavy atom. The van der Waals surface area contributed by atoms with E-state index < -0.39 is 0 Å². The van der Waals surface area contributed by atoms with Gasteiger partial charge in [0.2, 0.25) is 5.88 Å². The van der Waals surface area contributed by atoms with Crippen LogP contribution < -0.4 is 4.74 Å². The van der Waals surface area contributed by atoms with Gasteiger partial charge in [0.15, 0.2) is 11.2 Å². The number of nitrogens with zero attached hydrogens (tertiary/aromatic N) is 5. The van der Waals surface area contributed by atoms with E-state index >= 15 is 0 Å².